The van der Waals surface area contributed by atoms with Crippen LogP contribution in [0.4, 0.5) is 0 Å². The van der Waals surface area contributed by atoms with Crippen LogP contribution in [0, 0.1) is 5.41 Å². The number of ether oxygens (including phenoxy) is 1. The first-order chi connectivity index (χ1) is 7.23. The maximum atomic E-state index is 11.3. The second-order valence-corrected chi connectivity index (χ2v) is 4.01. The van der Waals surface area contributed by atoms with E-state index in [2.05, 4.69) is 0 Å². The smallest absolute Gasteiger partial charge is 0.310 e. The van der Waals surface area contributed by atoms with Gasteiger partial charge in [-0.2, -0.15) is 0 Å². The van der Waals surface area contributed by atoms with E-state index in [1.165, 1.54) is 0 Å². The van der Waals surface area contributed by atoms with Crippen LogP contribution < -0.4 is 0 Å². The summed E-state index contributed by atoms with van der Waals surface area (Å²) >= 11 is 0. The largest absolute Gasteiger partial charge is 0.481 e. The Bertz CT molecular complexity index is 322. The predicted molar refractivity (Wildman–Crippen MR) is 52.5 cm³/mol. The fraction of sp³-hybridized carbons (Fsp3) is 0.545. The van der Waals surface area contributed by atoms with Gasteiger partial charge in [0.2, 0.25) is 0 Å². The van der Waals surface area contributed by atoms with Crippen LogP contribution in [0.1, 0.15) is 18.4 Å². The van der Waals surface area contributed by atoms with Crippen LogP contribution in [0.2, 0.25) is 0 Å². The molecule has 1 aromatic rings. The number of hydrogen-bond acceptors (Lipinski definition) is 3. The molecule has 15 heavy (non-hydrogen) atoms. The zero-order valence-corrected chi connectivity index (χ0v) is 8.44. The van der Waals surface area contributed by atoms with E-state index in [9.17, 15) is 9.90 Å². The topological polar surface area (TPSA) is 59.7 Å². The van der Waals surface area contributed by atoms with Crippen LogP contribution in [0.25, 0.3) is 0 Å². The van der Waals surface area contributed by atoms with Crippen LogP contribution >= 0.6 is 0 Å². The molecule has 0 atom stereocenters. The molecule has 4 nitrogen and oxygen atoms in total. The molecular weight excluding hydrogens is 196 g/mol. The van der Waals surface area contributed by atoms with Crippen LogP contribution in [-0.2, 0) is 16.0 Å². The molecule has 1 N–H and O–H groups in total. The Labute approximate surface area is 87.8 Å². The molecule has 0 aromatic carbocycles. The molecule has 0 radical (unpaired) electrons. The molecule has 0 bridgehead atoms. The fourth-order valence-electron chi connectivity index (χ4n) is 2.01. The quantitative estimate of drug-likeness (QED) is 0.824. The molecule has 0 spiro atoms. The van der Waals surface area contributed by atoms with Gasteiger partial charge in [-0.3, -0.25) is 4.79 Å². The minimum Gasteiger partial charge on any atom is -0.481 e. The highest BCUT2D eigenvalue weighted by molar-refractivity contribution is 5.75. The molecule has 1 aliphatic rings. The second-order valence-electron chi connectivity index (χ2n) is 4.01. The highest BCUT2D eigenvalue weighted by Crippen LogP contribution is 2.34. The van der Waals surface area contributed by atoms with Gasteiger partial charge < -0.3 is 14.3 Å². The molecule has 82 valence electrons. The number of furan rings is 1. The molecule has 2 heterocycles. The summed E-state index contributed by atoms with van der Waals surface area (Å²) in [5.41, 5.74) is 0.279. The SMILES string of the molecule is O=C(O)C1(Cc2ccoc2)CCOCC1. The molecule has 0 amide bonds. The standard InChI is InChI=1S/C11H14O4/c12-10(13)11(2-5-14-6-3-11)7-9-1-4-15-8-9/h1,4,8H,2-3,5-7H2,(H,12,13). The average molecular weight is 210 g/mol. The summed E-state index contributed by atoms with van der Waals surface area (Å²) in [6.45, 7) is 1.06. The first kappa shape index (κ1) is 10.2. The zero-order valence-electron chi connectivity index (χ0n) is 8.44. The Morgan fingerprint density at radius 1 is 1.47 bits per heavy atom. The van der Waals surface area contributed by atoms with E-state index >= 15 is 0 Å². The summed E-state index contributed by atoms with van der Waals surface area (Å²) in [7, 11) is 0. The second kappa shape index (κ2) is 4.06. The van der Waals surface area contributed by atoms with Gasteiger partial charge in [-0.1, -0.05) is 0 Å². The Balaban J connectivity index is 2.15. The average Bonchev–Trinajstić information content (AvgIpc) is 2.71. The predicted octanol–water partition coefficient (Wildman–Crippen LogP) is 1.70. The summed E-state index contributed by atoms with van der Waals surface area (Å²) < 4.78 is 10.2. The van der Waals surface area contributed by atoms with Crippen molar-refractivity contribution in [2.75, 3.05) is 13.2 Å². The Kier molecular flexibility index (Phi) is 2.77. The van der Waals surface area contributed by atoms with Gasteiger partial charge in [0.05, 0.1) is 17.9 Å². The summed E-state index contributed by atoms with van der Waals surface area (Å²) in [6.07, 6.45) is 4.87. The van der Waals surface area contributed by atoms with Crippen molar-refractivity contribution in [3.05, 3.63) is 24.2 Å². The molecular formula is C11H14O4. The summed E-state index contributed by atoms with van der Waals surface area (Å²) in [4.78, 5) is 11.3. The Hall–Kier alpha value is -1.29. The normalized spacial score (nSPS) is 20.0. The lowest BCUT2D eigenvalue weighted by molar-refractivity contribution is -0.154. The lowest BCUT2D eigenvalue weighted by atomic mass is 9.76. The van der Waals surface area contributed by atoms with Crippen molar-refractivity contribution in [3.63, 3.8) is 0 Å². The van der Waals surface area contributed by atoms with E-state index in [-0.39, 0.29) is 0 Å². The van der Waals surface area contributed by atoms with Crippen molar-refractivity contribution in [1.82, 2.24) is 0 Å². The third kappa shape index (κ3) is 2.04. The van der Waals surface area contributed by atoms with Gasteiger partial charge in [0, 0.05) is 13.2 Å². The van der Waals surface area contributed by atoms with Gasteiger partial charge in [-0.15, -0.1) is 0 Å². The van der Waals surface area contributed by atoms with Gasteiger partial charge >= 0.3 is 5.97 Å². The number of carboxylic acids is 1. The zero-order chi connectivity index (χ0) is 10.7. The summed E-state index contributed by atoms with van der Waals surface area (Å²) in [5.74, 6) is -0.730. The molecule has 1 fully saturated rings. The van der Waals surface area contributed by atoms with Crippen molar-refractivity contribution in [2.24, 2.45) is 5.41 Å². The molecule has 0 unspecified atom stereocenters. The number of carbonyl (C=O) groups is 1. The fourth-order valence-corrected chi connectivity index (χ4v) is 2.01. The van der Waals surface area contributed by atoms with E-state index in [1.807, 2.05) is 6.07 Å². The highest BCUT2D eigenvalue weighted by Gasteiger charge is 2.40. The van der Waals surface area contributed by atoms with E-state index in [1.54, 1.807) is 12.5 Å². The molecule has 1 saturated heterocycles. The van der Waals surface area contributed by atoms with Gasteiger partial charge in [-0.05, 0) is 30.9 Å². The van der Waals surface area contributed by atoms with Gasteiger partial charge in [0.1, 0.15) is 0 Å². The Morgan fingerprint density at radius 3 is 2.73 bits per heavy atom. The van der Waals surface area contributed by atoms with E-state index in [4.69, 9.17) is 9.15 Å². The number of rotatable bonds is 3. The summed E-state index contributed by atoms with van der Waals surface area (Å²) in [6, 6.07) is 1.82. The Morgan fingerprint density at radius 2 is 2.20 bits per heavy atom. The molecule has 0 saturated carbocycles. The lowest BCUT2D eigenvalue weighted by Crippen LogP contribution is -2.39. The van der Waals surface area contributed by atoms with Crippen molar-refractivity contribution in [3.8, 4) is 0 Å². The number of carboxylic acid groups (broad SMARTS) is 1. The third-order valence-corrected chi connectivity index (χ3v) is 3.03. The maximum Gasteiger partial charge on any atom is 0.310 e. The van der Waals surface area contributed by atoms with Crippen LogP contribution in [0.3, 0.4) is 0 Å². The van der Waals surface area contributed by atoms with Gasteiger partial charge in [0.15, 0.2) is 0 Å². The first-order valence-electron chi connectivity index (χ1n) is 5.05. The van der Waals surface area contributed by atoms with Gasteiger partial charge in [-0.25, -0.2) is 0 Å². The van der Waals surface area contributed by atoms with Crippen molar-refractivity contribution in [1.29, 1.82) is 0 Å². The van der Waals surface area contributed by atoms with Crippen LogP contribution in [0.15, 0.2) is 23.0 Å². The first-order valence-corrected chi connectivity index (χ1v) is 5.05. The minimum atomic E-state index is -0.730. The number of aliphatic carboxylic acids is 1. The molecule has 1 aliphatic heterocycles. The number of hydrogen-bond donors (Lipinski definition) is 1. The molecule has 0 aliphatic carbocycles. The summed E-state index contributed by atoms with van der Waals surface area (Å²) in [5, 5.41) is 9.30. The van der Waals surface area contributed by atoms with Crippen LogP contribution in [0.5, 0.6) is 0 Å². The van der Waals surface area contributed by atoms with Crippen molar-refractivity contribution in [2.45, 2.75) is 19.3 Å². The van der Waals surface area contributed by atoms with Crippen LogP contribution in [-0.4, -0.2) is 24.3 Å². The third-order valence-electron chi connectivity index (χ3n) is 3.03. The van der Waals surface area contributed by atoms with E-state index in [0.717, 1.165) is 5.56 Å². The lowest BCUT2D eigenvalue weighted by Gasteiger charge is -2.32. The maximum absolute atomic E-state index is 11.3. The molecule has 1 aromatic heterocycles. The highest BCUT2D eigenvalue weighted by atomic mass is 16.5. The van der Waals surface area contributed by atoms with E-state index < -0.39 is 11.4 Å². The minimum absolute atomic E-state index is 0.530. The van der Waals surface area contributed by atoms with Crippen molar-refractivity contribution < 1.29 is 19.1 Å². The molecule has 2 rings (SSSR count). The van der Waals surface area contributed by atoms with Crippen molar-refractivity contribution >= 4 is 5.97 Å². The molecule has 4 heteroatoms. The monoisotopic (exact) mass is 210 g/mol. The van der Waals surface area contributed by atoms with E-state index in [0.29, 0.717) is 32.5 Å². The van der Waals surface area contributed by atoms with Gasteiger partial charge in [0.25, 0.3) is 0 Å².